The molecule has 0 radical (unpaired) electrons. The molecule has 0 atom stereocenters. The molecule has 32 heavy (non-hydrogen) atoms. The van der Waals surface area contributed by atoms with E-state index in [1.165, 1.54) is 10.7 Å². The number of rotatable bonds is 6. The largest absolute Gasteiger partial charge is 0.416 e. The Morgan fingerprint density at radius 2 is 1.88 bits per heavy atom. The highest BCUT2D eigenvalue weighted by Crippen LogP contribution is 2.33. The van der Waals surface area contributed by atoms with Crippen molar-refractivity contribution in [2.45, 2.75) is 33.0 Å². The number of nitrogens with one attached hydrogen (secondary N) is 2. The van der Waals surface area contributed by atoms with Crippen molar-refractivity contribution in [1.82, 2.24) is 25.4 Å². The zero-order valence-corrected chi connectivity index (χ0v) is 20.4. The maximum Gasteiger partial charge on any atom is 0.416 e. The lowest BCUT2D eigenvalue weighted by molar-refractivity contribution is -0.138. The van der Waals surface area contributed by atoms with Crippen LogP contribution in [-0.4, -0.2) is 34.3 Å². The van der Waals surface area contributed by atoms with Gasteiger partial charge in [-0.2, -0.15) is 18.3 Å². The lowest BCUT2D eigenvalue weighted by Crippen LogP contribution is -2.38. The van der Waals surface area contributed by atoms with E-state index >= 15 is 0 Å². The number of halogens is 4. The van der Waals surface area contributed by atoms with Gasteiger partial charge in [-0.05, 0) is 49.7 Å². The molecule has 0 saturated heterocycles. The molecule has 2 N–H and O–H groups in total. The molecular formula is C22H26F3IN6. The molecule has 1 aromatic carbocycles. The van der Waals surface area contributed by atoms with E-state index in [9.17, 15) is 13.2 Å². The Morgan fingerprint density at radius 1 is 1.09 bits per heavy atom. The average Bonchev–Trinajstić information content (AvgIpc) is 3.08. The first-order valence-corrected chi connectivity index (χ1v) is 9.86. The first kappa shape index (κ1) is 25.6. The minimum atomic E-state index is -4.49. The summed E-state index contributed by atoms with van der Waals surface area (Å²) in [6, 6.07) is 11.7. The maximum atomic E-state index is 13.7. The zero-order chi connectivity index (χ0) is 22.4. The van der Waals surface area contributed by atoms with Gasteiger partial charge >= 0.3 is 6.18 Å². The van der Waals surface area contributed by atoms with Crippen molar-refractivity contribution in [2.75, 3.05) is 13.6 Å². The molecular weight excluding hydrogens is 532 g/mol. The lowest BCUT2D eigenvalue weighted by Gasteiger charge is -2.17. The Bertz CT molecular complexity index is 1050. The maximum absolute atomic E-state index is 13.7. The summed E-state index contributed by atoms with van der Waals surface area (Å²) in [4.78, 5) is 8.33. The van der Waals surface area contributed by atoms with Crippen molar-refractivity contribution in [1.29, 1.82) is 0 Å². The Labute approximate surface area is 202 Å². The van der Waals surface area contributed by atoms with Crippen molar-refractivity contribution in [2.24, 2.45) is 4.99 Å². The predicted molar refractivity (Wildman–Crippen MR) is 130 cm³/mol. The fraction of sp³-hybridized carbons (Fsp3) is 0.318. The van der Waals surface area contributed by atoms with Gasteiger partial charge in [0.25, 0.3) is 0 Å². The lowest BCUT2D eigenvalue weighted by atomic mass is 10.1. The third-order valence-corrected chi connectivity index (χ3v) is 4.72. The van der Waals surface area contributed by atoms with Gasteiger partial charge in [0.05, 0.1) is 16.9 Å². The highest BCUT2D eigenvalue weighted by atomic mass is 127. The second kappa shape index (κ2) is 11.3. The number of pyridine rings is 1. The molecule has 0 aliphatic carbocycles. The number of aryl methyl sites for hydroxylation is 2. The van der Waals surface area contributed by atoms with Crippen LogP contribution in [0.5, 0.6) is 0 Å². The van der Waals surface area contributed by atoms with Gasteiger partial charge < -0.3 is 10.6 Å². The summed E-state index contributed by atoms with van der Waals surface area (Å²) >= 11 is 0. The molecule has 6 nitrogen and oxygen atoms in total. The van der Waals surface area contributed by atoms with E-state index in [2.05, 4.69) is 25.7 Å². The summed E-state index contributed by atoms with van der Waals surface area (Å²) in [5.74, 6) is 0.423. The van der Waals surface area contributed by atoms with E-state index in [-0.39, 0.29) is 36.1 Å². The normalized spacial score (nSPS) is 11.8. The minimum Gasteiger partial charge on any atom is -0.356 e. The van der Waals surface area contributed by atoms with E-state index in [4.69, 9.17) is 0 Å². The van der Waals surface area contributed by atoms with Crippen LogP contribution < -0.4 is 10.6 Å². The zero-order valence-electron chi connectivity index (χ0n) is 18.1. The van der Waals surface area contributed by atoms with Gasteiger partial charge in [-0.15, -0.1) is 24.0 Å². The molecule has 0 saturated carbocycles. The van der Waals surface area contributed by atoms with Gasteiger partial charge in [-0.3, -0.25) is 9.98 Å². The topological polar surface area (TPSA) is 67.1 Å². The minimum absolute atomic E-state index is 0. The van der Waals surface area contributed by atoms with Crippen LogP contribution in [0.15, 0.2) is 53.7 Å². The number of aliphatic imine (C=N–C) groups is 1. The smallest absolute Gasteiger partial charge is 0.356 e. The van der Waals surface area contributed by atoms with Crippen molar-refractivity contribution < 1.29 is 13.2 Å². The summed E-state index contributed by atoms with van der Waals surface area (Å²) in [7, 11) is 1.58. The molecule has 0 bridgehead atoms. The summed E-state index contributed by atoms with van der Waals surface area (Å²) < 4.78 is 42.7. The molecule has 10 heteroatoms. The van der Waals surface area contributed by atoms with Crippen LogP contribution in [0.2, 0.25) is 0 Å². The molecule has 0 aliphatic heterocycles. The summed E-state index contributed by atoms with van der Waals surface area (Å²) in [5.41, 5.74) is 2.25. The molecule has 3 rings (SSSR count). The average molecular weight is 558 g/mol. The van der Waals surface area contributed by atoms with Gasteiger partial charge in [0, 0.05) is 44.1 Å². The van der Waals surface area contributed by atoms with Crippen molar-refractivity contribution >= 4 is 29.9 Å². The van der Waals surface area contributed by atoms with Gasteiger partial charge in [0.15, 0.2) is 5.96 Å². The van der Waals surface area contributed by atoms with Crippen LogP contribution in [0.3, 0.4) is 0 Å². The quantitative estimate of drug-likeness (QED) is 0.267. The third kappa shape index (κ3) is 6.68. The van der Waals surface area contributed by atoms with Crippen molar-refractivity contribution in [3.8, 4) is 5.69 Å². The van der Waals surface area contributed by atoms with Crippen molar-refractivity contribution in [3.05, 3.63) is 76.9 Å². The second-order valence-corrected chi connectivity index (χ2v) is 7.10. The summed E-state index contributed by atoms with van der Waals surface area (Å²) in [6.45, 7) is 4.15. The molecule has 2 heterocycles. The second-order valence-electron chi connectivity index (χ2n) is 7.10. The number of alkyl halides is 3. The van der Waals surface area contributed by atoms with E-state index in [0.29, 0.717) is 24.6 Å². The SMILES string of the molecule is CN=C(NCCc1ccccn1)NCc1ccc(-n2nc(C)cc2C)cc1C(F)(F)F.I. The Morgan fingerprint density at radius 3 is 2.47 bits per heavy atom. The van der Waals surface area contributed by atoms with Crippen LogP contribution >= 0.6 is 24.0 Å². The standard InChI is InChI=1S/C22H25F3N6.HI/c1-15-12-16(2)31(30-15)19-8-7-17(20(13-19)22(23,24)25)14-29-21(26-3)28-11-9-18-6-4-5-10-27-18;/h4-8,10,12-13H,9,11,14H2,1-3H3,(H2,26,28,29);1H. The van der Waals surface area contributed by atoms with Crippen LogP contribution in [0.1, 0.15) is 28.2 Å². The fourth-order valence-corrected chi connectivity index (χ4v) is 3.26. The van der Waals surface area contributed by atoms with Crippen LogP contribution in [0, 0.1) is 13.8 Å². The van der Waals surface area contributed by atoms with Crippen LogP contribution in [0.25, 0.3) is 5.69 Å². The first-order chi connectivity index (χ1) is 14.8. The number of benzene rings is 1. The van der Waals surface area contributed by atoms with Gasteiger partial charge in [-0.25, -0.2) is 4.68 Å². The van der Waals surface area contributed by atoms with Gasteiger partial charge in [0.2, 0.25) is 0 Å². The molecule has 0 unspecified atom stereocenters. The number of nitrogens with zero attached hydrogens (tertiary/aromatic N) is 4. The summed E-state index contributed by atoms with van der Waals surface area (Å²) in [6.07, 6.45) is -2.09. The fourth-order valence-electron chi connectivity index (χ4n) is 3.26. The van der Waals surface area contributed by atoms with Gasteiger partial charge in [-0.1, -0.05) is 12.1 Å². The number of guanidine groups is 1. The van der Waals surface area contributed by atoms with E-state index in [1.54, 1.807) is 26.2 Å². The third-order valence-electron chi connectivity index (χ3n) is 4.72. The Balaban J connectivity index is 0.00000363. The predicted octanol–water partition coefficient (Wildman–Crippen LogP) is 4.43. The number of aromatic nitrogens is 3. The summed E-state index contributed by atoms with van der Waals surface area (Å²) in [5, 5.41) is 10.3. The Kier molecular flexibility index (Phi) is 9.05. The molecule has 0 spiro atoms. The van der Waals surface area contributed by atoms with Crippen LogP contribution in [0.4, 0.5) is 13.2 Å². The first-order valence-electron chi connectivity index (χ1n) is 9.86. The van der Waals surface area contributed by atoms with E-state index in [0.717, 1.165) is 23.1 Å². The number of hydrogen-bond donors (Lipinski definition) is 2. The van der Waals surface area contributed by atoms with E-state index < -0.39 is 11.7 Å². The Hall–Kier alpha value is -2.63. The molecule has 2 aromatic heterocycles. The van der Waals surface area contributed by atoms with Crippen molar-refractivity contribution in [3.63, 3.8) is 0 Å². The van der Waals surface area contributed by atoms with Crippen LogP contribution in [-0.2, 0) is 19.1 Å². The molecule has 0 amide bonds. The van der Waals surface area contributed by atoms with Gasteiger partial charge in [0.1, 0.15) is 0 Å². The molecule has 0 aliphatic rings. The molecule has 3 aromatic rings. The highest BCUT2D eigenvalue weighted by molar-refractivity contribution is 14.0. The monoisotopic (exact) mass is 558 g/mol. The highest BCUT2D eigenvalue weighted by Gasteiger charge is 2.33. The molecule has 172 valence electrons. The number of hydrogen-bond acceptors (Lipinski definition) is 3. The van der Waals surface area contributed by atoms with E-state index in [1.807, 2.05) is 31.2 Å². The molecule has 0 fully saturated rings.